The second-order valence-corrected chi connectivity index (χ2v) is 8.09. The van der Waals surface area contributed by atoms with E-state index < -0.39 is 28.4 Å². The number of non-ortho nitro benzene ring substituents is 1. The molecule has 9 heteroatoms. The van der Waals surface area contributed by atoms with E-state index in [9.17, 15) is 24.8 Å². The van der Waals surface area contributed by atoms with Crippen molar-refractivity contribution in [1.82, 2.24) is 9.80 Å². The molecular formula is C23H26N4O5. The Hall–Kier alpha value is -3.72. The summed E-state index contributed by atoms with van der Waals surface area (Å²) >= 11 is 0. The first-order valence-electron chi connectivity index (χ1n) is 10.1. The average Bonchev–Trinajstić information content (AvgIpc) is 3.02. The highest BCUT2D eigenvalue weighted by Crippen LogP contribution is 2.40. The lowest BCUT2D eigenvalue weighted by molar-refractivity contribution is -0.384. The number of nitro groups is 1. The van der Waals surface area contributed by atoms with Crippen molar-refractivity contribution in [3.63, 3.8) is 0 Å². The number of carbonyl (C=O) groups excluding carboxylic acids is 2. The zero-order valence-electron chi connectivity index (χ0n) is 18.5. The Kier molecular flexibility index (Phi) is 6.59. The van der Waals surface area contributed by atoms with Gasteiger partial charge in [0.2, 0.25) is 0 Å². The highest BCUT2D eigenvalue weighted by atomic mass is 16.6. The summed E-state index contributed by atoms with van der Waals surface area (Å²) in [5.74, 6) is -1.95. The van der Waals surface area contributed by atoms with Crippen molar-refractivity contribution in [3.05, 3.63) is 75.3 Å². The molecule has 1 N–H and O–H groups in total. The maximum atomic E-state index is 13.0. The number of amides is 1. The molecule has 0 spiro atoms. The van der Waals surface area contributed by atoms with Crippen LogP contribution in [0.4, 0.5) is 11.4 Å². The van der Waals surface area contributed by atoms with Crippen LogP contribution in [0.15, 0.2) is 54.1 Å². The van der Waals surface area contributed by atoms with Crippen LogP contribution in [-0.2, 0) is 9.59 Å². The van der Waals surface area contributed by atoms with Gasteiger partial charge in [0, 0.05) is 50.6 Å². The lowest BCUT2D eigenvalue weighted by Gasteiger charge is -2.27. The van der Waals surface area contributed by atoms with E-state index in [-0.39, 0.29) is 23.4 Å². The van der Waals surface area contributed by atoms with Crippen molar-refractivity contribution in [2.45, 2.75) is 6.04 Å². The van der Waals surface area contributed by atoms with E-state index in [0.29, 0.717) is 12.1 Å². The van der Waals surface area contributed by atoms with Crippen LogP contribution in [0.25, 0.3) is 5.76 Å². The minimum absolute atomic E-state index is 0.0770. The quantitative estimate of drug-likeness (QED) is 0.233. The van der Waals surface area contributed by atoms with Gasteiger partial charge in [-0.2, -0.15) is 0 Å². The van der Waals surface area contributed by atoms with Crippen LogP contribution in [0.3, 0.4) is 0 Å². The molecule has 2 aromatic rings. The normalized spacial score (nSPS) is 17.8. The van der Waals surface area contributed by atoms with E-state index >= 15 is 0 Å². The number of rotatable bonds is 7. The monoisotopic (exact) mass is 438 g/mol. The summed E-state index contributed by atoms with van der Waals surface area (Å²) in [6.45, 7) is 0.805. The molecule has 1 amide bonds. The number of carbonyl (C=O) groups is 2. The molecule has 0 radical (unpaired) electrons. The Morgan fingerprint density at radius 2 is 1.75 bits per heavy atom. The molecule has 1 aliphatic heterocycles. The zero-order chi connectivity index (χ0) is 23.6. The number of benzene rings is 2. The fourth-order valence-corrected chi connectivity index (χ4v) is 3.64. The maximum Gasteiger partial charge on any atom is 0.295 e. The van der Waals surface area contributed by atoms with Crippen LogP contribution in [0.2, 0.25) is 0 Å². The Bertz CT molecular complexity index is 1080. The first-order valence-corrected chi connectivity index (χ1v) is 10.1. The molecule has 0 aromatic heterocycles. The SMILES string of the molecule is CN(C)CCN1C(=O)C(=O)/C(=C(\O)c2cccc([N+](=O)[O-])c2)C1c1ccc(N(C)C)cc1. The van der Waals surface area contributed by atoms with E-state index in [0.717, 1.165) is 5.69 Å². The maximum absolute atomic E-state index is 13.0. The fraction of sp³-hybridized carbons (Fsp3) is 0.304. The second-order valence-electron chi connectivity index (χ2n) is 8.09. The molecule has 2 aromatic carbocycles. The van der Waals surface area contributed by atoms with Gasteiger partial charge in [0.05, 0.1) is 16.5 Å². The van der Waals surface area contributed by atoms with Crippen molar-refractivity contribution in [2.75, 3.05) is 46.2 Å². The summed E-state index contributed by atoms with van der Waals surface area (Å²) < 4.78 is 0. The number of nitro benzene ring substituents is 1. The molecule has 3 rings (SSSR count). The number of hydrogen-bond acceptors (Lipinski definition) is 7. The fourth-order valence-electron chi connectivity index (χ4n) is 3.64. The number of ketones is 1. The standard InChI is InChI=1S/C23H26N4O5/c1-24(2)12-13-26-20(15-8-10-17(11-9-15)25(3)4)19(22(29)23(26)30)21(28)16-6-5-7-18(14-16)27(31)32/h5-11,14,20,28H,12-13H2,1-4H3/b21-19-. The molecule has 168 valence electrons. The van der Waals surface area contributed by atoms with E-state index in [4.69, 9.17) is 0 Å². The summed E-state index contributed by atoms with van der Waals surface area (Å²) in [6, 6.07) is 12.0. The van der Waals surface area contributed by atoms with Crippen LogP contribution in [0.1, 0.15) is 17.2 Å². The molecule has 1 fully saturated rings. The van der Waals surface area contributed by atoms with Gasteiger partial charge in [-0.1, -0.05) is 24.3 Å². The number of aliphatic hydroxyl groups excluding tert-OH is 1. The molecule has 1 atom stereocenters. The molecule has 0 saturated carbocycles. The van der Waals surface area contributed by atoms with Gasteiger partial charge in [-0.15, -0.1) is 0 Å². The van der Waals surface area contributed by atoms with Crippen LogP contribution in [0, 0.1) is 10.1 Å². The van der Waals surface area contributed by atoms with Gasteiger partial charge in [0.15, 0.2) is 0 Å². The molecule has 0 bridgehead atoms. The lowest BCUT2D eigenvalue weighted by atomic mass is 9.95. The summed E-state index contributed by atoms with van der Waals surface area (Å²) in [4.78, 5) is 41.7. The van der Waals surface area contributed by atoms with Crippen molar-refractivity contribution in [3.8, 4) is 0 Å². The van der Waals surface area contributed by atoms with Crippen molar-refractivity contribution < 1.29 is 19.6 Å². The van der Waals surface area contributed by atoms with Gasteiger partial charge in [0.25, 0.3) is 17.4 Å². The second kappa shape index (κ2) is 9.19. The Morgan fingerprint density at radius 1 is 1.09 bits per heavy atom. The van der Waals surface area contributed by atoms with Crippen molar-refractivity contribution in [1.29, 1.82) is 0 Å². The molecular weight excluding hydrogens is 412 g/mol. The average molecular weight is 438 g/mol. The van der Waals surface area contributed by atoms with Crippen LogP contribution in [-0.4, -0.2) is 72.8 Å². The Morgan fingerprint density at radius 3 is 2.31 bits per heavy atom. The third kappa shape index (κ3) is 4.47. The Labute approximate surface area is 186 Å². The number of hydrogen-bond donors (Lipinski definition) is 1. The molecule has 1 unspecified atom stereocenters. The summed E-state index contributed by atoms with van der Waals surface area (Å²) in [5.41, 5.74) is 1.42. The minimum atomic E-state index is -0.811. The zero-order valence-corrected chi connectivity index (χ0v) is 18.5. The van der Waals surface area contributed by atoms with E-state index in [2.05, 4.69) is 0 Å². The first kappa shape index (κ1) is 23.0. The number of anilines is 1. The van der Waals surface area contributed by atoms with Gasteiger partial charge in [-0.25, -0.2) is 0 Å². The number of likely N-dealkylation sites (N-methyl/N-ethyl adjacent to an activating group) is 1. The molecule has 0 aliphatic carbocycles. The first-order chi connectivity index (χ1) is 15.1. The van der Waals surface area contributed by atoms with Gasteiger partial charge in [-0.3, -0.25) is 19.7 Å². The van der Waals surface area contributed by atoms with Crippen LogP contribution < -0.4 is 4.90 Å². The van der Waals surface area contributed by atoms with Gasteiger partial charge < -0.3 is 19.8 Å². The molecule has 32 heavy (non-hydrogen) atoms. The largest absolute Gasteiger partial charge is 0.507 e. The summed E-state index contributed by atoms with van der Waals surface area (Å²) in [7, 11) is 7.53. The summed E-state index contributed by atoms with van der Waals surface area (Å²) in [6.07, 6.45) is 0. The van der Waals surface area contributed by atoms with Crippen molar-refractivity contribution >= 4 is 28.8 Å². The highest BCUT2D eigenvalue weighted by Gasteiger charge is 2.46. The molecule has 1 saturated heterocycles. The third-order valence-corrected chi connectivity index (χ3v) is 5.38. The van der Waals surface area contributed by atoms with E-state index in [1.165, 1.54) is 29.2 Å². The minimum Gasteiger partial charge on any atom is -0.507 e. The number of nitrogens with zero attached hydrogens (tertiary/aromatic N) is 4. The predicted molar refractivity (Wildman–Crippen MR) is 121 cm³/mol. The number of likely N-dealkylation sites (tertiary alicyclic amines) is 1. The molecule has 1 heterocycles. The summed E-state index contributed by atoms with van der Waals surface area (Å²) in [5, 5.41) is 22.2. The van der Waals surface area contributed by atoms with E-state index in [1.54, 1.807) is 0 Å². The van der Waals surface area contributed by atoms with Gasteiger partial charge >= 0.3 is 0 Å². The van der Waals surface area contributed by atoms with Gasteiger partial charge in [0.1, 0.15) is 5.76 Å². The Balaban J connectivity index is 2.15. The molecule has 1 aliphatic rings. The number of aliphatic hydroxyl groups is 1. The third-order valence-electron chi connectivity index (χ3n) is 5.38. The van der Waals surface area contributed by atoms with Crippen LogP contribution >= 0.6 is 0 Å². The lowest BCUT2D eigenvalue weighted by Crippen LogP contribution is -2.35. The predicted octanol–water partition coefficient (Wildman–Crippen LogP) is 2.64. The van der Waals surface area contributed by atoms with Crippen LogP contribution in [0.5, 0.6) is 0 Å². The van der Waals surface area contributed by atoms with Crippen molar-refractivity contribution in [2.24, 2.45) is 0 Å². The van der Waals surface area contributed by atoms with Gasteiger partial charge in [-0.05, 0) is 31.8 Å². The van der Waals surface area contributed by atoms with E-state index in [1.807, 2.05) is 62.3 Å². The topological polar surface area (TPSA) is 107 Å². The highest BCUT2D eigenvalue weighted by molar-refractivity contribution is 6.46. The molecule has 9 nitrogen and oxygen atoms in total. The number of Topliss-reactive ketones (excluding diaryl/α,β-unsaturated/α-hetero) is 1. The smallest absolute Gasteiger partial charge is 0.295 e.